The van der Waals surface area contributed by atoms with Gasteiger partial charge >= 0.3 is 0 Å². The van der Waals surface area contributed by atoms with Crippen molar-refractivity contribution in [3.05, 3.63) is 337 Å². The lowest BCUT2D eigenvalue weighted by Crippen LogP contribution is -2.61. The number of nitrogens with zero attached hydrogens (tertiary/aromatic N) is 6. The largest absolute Gasteiger partial charge is 0.310 e. The Balaban J connectivity index is 1.01. The second-order valence-electron chi connectivity index (χ2n) is 32.8. The third-order valence-electron chi connectivity index (χ3n) is 23.0. The summed E-state index contributed by atoms with van der Waals surface area (Å²) < 4.78 is 141. The molecule has 0 fully saturated rings. The highest BCUT2D eigenvalue weighted by molar-refractivity contribution is 7.25. The van der Waals surface area contributed by atoms with Gasteiger partial charge < -0.3 is 18.9 Å². The molecular weight excluding hydrogens is 1380 g/mol. The number of thiophene rings is 1. The molecule has 13 bridgehead atoms. The van der Waals surface area contributed by atoms with Gasteiger partial charge in [0.25, 0.3) is 6.71 Å². The Morgan fingerprint density at radius 3 is 1.25 bits per heavy atom. The van der Waals surface area contributed by atoms with Crippen LogP contribution in [0.3, 0.4) is 0 Å². The number of benzene rings is 15. The van der Waals surface area contributed by atoms with E-state index in [-0.39, 0.29) is 43.6 Å². The van der Waals surface area contributed by atoms with Gasteiger partial charge in [-0.3, -0.25) is 0 Å². The van der Waals surface area contributed by atoms with Gasteiger partial charge in [0.05, 0.1) is 68.1 Å². The zero-order chi connectivity index (χ0) is 88.1. The Morgan fingerprint density at radius 1 is 0.375 bits per heavy atom. The fourth-order valence-electron chi connectivity index (χ4n) is 17.4. The second-order valence-corrected chi connectivity index (χ2v) is 33.9. The van der Waals surface area contributed by atoms with Gasteiger partial charge in [-0.05, 0) is 239 Å². The molecule has 3 aliphatic rings. The molecule has 6 heterocycles. The van der Waals surface area contributed by atoms with E-state index in [1.807, 2.05) is 78.9 Å². The van der Waals surface area contributed by atoms with Gasteiger partial charge in [-0.1, -0.05) is 226 Å². The Hall–Kier alpha value is -13.2. The van der Waals surface area contributed by atoms with Crippen LogP contribution in [0.1, 0.15) is 104 Å². The average Bonchev–Trinajstić information content (AvgIpc) is 0.931. The monoisotopic (exact) mass is 1470 g/mol. The van der Waals surface area contributed by atoms with E-state index in [1.54, 1.807) is 20.5 Å². The van der Waals surface area contributed by atoms with Gasteiger partial charge in [0.15, 0.2) is 5.69 Å². The van der Waals surface area contributed by atoms with Crippen LogP contribution in [-0.2, 0) is 16.2 Å². The fraction of sp³-hybridized carbons (Fsp3) is 0.115. The van der Waals surface area contributed by atoms with Crippen LogP contribution in [0.4, 0.5) is 39.8 Å². The molecule has 0 spiro atoms. The summed E-state index contributed by atoms with van der Waals surface area (Å²) in [5, 5.41) is 12.6. The molecule has 15 aromatic carbocycles. The Labute approximate surface area is 677 Å². The fourth-order valence-corrected chi connectivity index (χ4v) is 18.5. The molecule has 0 saturated heterocycles. The molecule has 532 valence electrons. The van der Waals surface area contributed by atoms with Gasteiger partial charge in [-0.25, -0.2) is 4.85 Å². The first kappa shape index (κ1) is 53.6. The maximum absolute atomic E-state index is 10.8. The summed E-state index contributed by atoms with van der Waals surface area (Å²) in [6.45, 7) is 27.4. The van der Waals surface area contributed by atoms with Crippen molar-refractivity contribution >= 4 is 138 Å². The first-order valence-electron chi connectivity index (χ1n) is 44.8. The first-order chi connectivity index (χ1) is 60.2. The maximum Gasteiger partial charge on any atom is 0.252 e. The summed E-state index contributed by atoms with van der Waals surface area (Å²) in [7, 11) is 0. The van der Waals surface area contributed by atoms with E-state index in [2.05, 4.69) is 223 Å². The first-order valence-corrected chi connectivity index (χ1v) is 38.6. The van der Waals surface area contributed by atoms with E-state index in [9.17, 15) is 24.5 Å². The van der Waals surface area contributed by atoms with Gasteiger partial charge in [0.1, 0.15) is 0 Å². The van der Waals surface area contributed by atoms with Gasteiger partial charge in [0, 0.05) is 95.5 Å². The van der Waals surface area contributed by atoms with E-state index >= 15 is 0 Å². The van der Waals surface area contributed by atoms with Crippen molar-refractivity contribution in [2.45, 2.75) is 78.6 Å². The Morgan fingerprint density at radius 2 is 0.786 bits per heavy atom. The molecule has 21 rings (SSSR count). The number of rotatable bonds is 4. The smallest absolute Gasteiger partial charge is 0.252 e. The predicted octanol–water partition coefficient (Wildman–Crippen LogP) is 27.0. The number of hydrogen-bond donors (Lipinski definition) is 0. The van der Waals surface area contributed by atoms with Crippen molar-refractivity contribution in [2.24, 2.45) is 0 Å². The Bertz CT molecular complexity index is 7620. The highest BCUT2D eigenvalue weighted by atomic mass is 32.1. The van der Waals surface area contributed by atoms with E-state index in [4.69, 9.17) is 6.57 Å². The molecule has 0 N–H and O–H groups in total. The van der Waals surface area contributed by atoms with Crippen LogP contribution < -0.4 is 26.2 Å². The molecule has 0 atom stereocenters. The van der Waals surface area contributed by atoms with Crippen LogP contribution in [-0.4, -0.2) is 15.8 Å². The van der Waals surface area contributed by atoms with E-state index < -0.39 is 119 Å². The highest BCUT2D eigenvalue weighted by Crippen LogP contribution is 2.57. The quantitative estimate of drug-likeness (QED) is 0.130. The molecule has 3 aliphatic heterocycles. The minimum absolute atomic E-state index is 0.0651. The molecule has 6 nitrogen and oxygen atoms in total. The molecule has 0 amide bonds. The standard InChI is InChI=1S/C104H77BN6S/c1-102(2,3)71-52-79(63-23-13-11-14-24-63)100-81(54-71)69-29-21-27-65(48-69)67-36-45-97-85(50-67)86-51-68(37-46-98(86)112-97)66-28-22-30-70(49-66)82-55-72(103(4,5)6)53-80(64-25-15-12-16-26-64)101(82)111-94-60-76(109-90-34-20-18-32-78(90)84-58-74(107-10)38-44-92(84)109)40-42-88(94)105-87-41-39-75(59-93(87)110(100)95-56-73(104(7,8)9)57-96(111)99(95)105)108-89-33-19-17-31-77(89)83-47-62(61-106)35-43-91(83)108/h11-60H,1-9H3/i17D,18D,19D,20D,31D,32D,33D,34D,35D,38D,43D,44D,47D,58D. The zero-order valence-corrected chi connectivity index (χ0v) is 63.8. The van der Waals surface area contributed by atoms with E-state index in [0.717, 1.165) is 143 Å². The van der Waals surface area contributed by atoms with Crippen LogP contribution in [0.5, 0.6) is 0 Å². The summed E-state index contributed by atoms with van der Waals surface area (Å²) >= 11 is 1.75. The predicted molar refractivity (Wildman–Crippen MR) is 475 cm³/mol. The summed E-state index contributed by atoms with van der Waals surface area (Å²) in [6, 6.07) is 72.2. The lowest BCUT2D eigenvalue weighted by molar-refractivity contribution is 0.590. The number of para-hydroxylation sites is 2. The topological polar surface area (TPSA) is 44.5 Å². The number of anilines is 6. The van der Waals surface area contributed by atoms with E-state index in [1.165, 1.54) is 0 Å². The molecule has 18 aromatic rings. The summed E-state index contributed by atoms with van der Waals surface area (Å²) in [5.41, 5.74) is 18.2. The van der Waals surface area contributed by atoms with E-state index in [0.29, 0.717) is 22.7 Å². The SMILES string of the molecule is [2H]c1c([2H])c([2H])c2c(c1[2H])c1c([2H])c(C#N)c([2H])c([2H])c1n2-c1ccc2c(c1)N1c3cc(C(C)(C)C)cc4c3B2c2ccc(-n3c5c([2H])c([2H])c([2H])c([2H])c5c5c([2H])c([N+]#[C-])c([2H])c([2H])c53)cc2N4c2c(-c3ccccc3)cc(C(C)(C)C)cc2-c2cccc(c2)-c2ccc3sc4ccc(cc4c3c2)-c2cccc(c2)-c2cc(C(C)(C)C)cc(-c3ccccc3)c21. The van der Waals surface area contributed by atoms with Crippen molar-refractivity contribution in [1.29, 1.82) is 5.26 Å². The van der Waals surface area contributed by atoms with Crippen molar-refractivity contribution in [3.8, 4) is 84.2 Å². The van der Waals surface area contributed by atoms with Gasteiger partial charge in [0.2, 0.25) is 0 Å². The summed E-state index contributed by atoms with van der Waals surface area (Å²) in [4.78, 5) is 8.36. The van der Waals surface area contributed by atoms with Crippen molar-refractivity contribution in [3.63, 3.8) is 0 Å². The minimum atomic E-state index is -0.804. The third-order valence-corrected chi connectivity index (χ3v) is 24.2. The molecule has 112 heavy (non-hydrogen) atoms. The minimum Gasteiger partial charge on any atom is -0.310 e. The van der Waals surface area contributed by atoms with Crippen LogP contribution in [0.2, 0.25) is 0 Å². The van der Waals surface area contributed by atoms with Gasteiger partial charge in [-0.15, -0.1) is 11.3 Å². The van der Waals surface area contributed by atoms with Crippen LogP contribution in [0.15, 0.2) is 303 Å². The number of hydrogen-bond acceptors (Lipinski definition) is 4. The lowest BCUT2D eigenvalue weighted by atomic mass is 9.33. The normalized spacial score (nSPS) is 14.7. The molecule has 0 unspecified atom stereocenters. The molecular formula is C104H77BN6S. The lowest BCUT2D eigenvalue weighted by Gasteiger charge is -2.47. The summed E-state index contributed by atoms with van der Waals surface area (Å²) in [6.07, 6.45) is 0. The molecule has 0 radical (unpaired) electrons. The second kappa shape index (κ2) is 24.6. The van der Waals surface area contributed by atoms with Crippen LogP contribution in [0.25, 0.3) is 147 Å². The molecule has 0 saturated carbocycles. The van der Waals surface area contributed by atoms with Crippen LogP contribution >= 0.6 is 11.3 Å². The molecule has 0 aliphatic carbocycles. The maximum atomic E-state index is 10.8. The van der Waals surface area contributed by atoms with Crippen molar-refractivity contribution in [1.82, 2.24) is 9.13 Å². The Kier molecular flexibility index (Phi) is 11.8. The van der Waals surface area contributed by atoms with Gasteiger partial charge in [-0.2, -0.15) is 5.26 Å². The highest BCUT2D eigenvalue weighted by Gasteiger charge is 2.47. The van der Waals surface area contributed by atoms with Crippen molar-refractivity contribution < 1.29 is 19.2 Å². The number of nitriles is 1. The summed E-state index contributed by atoms with van der Waals surface area (Å²) in [5.74, 6) is 0. The molecule has 8 heteroatoms. The number of aromatic nitrogens is 2. The average molecular weight is 1470 g/mol. The number of fused-ring (bicyclic) bond motifs is 26. The van der Waals surface area contributed by atoms with Crippen molar-refractivity contribution in [2.75, 3.05) is 9.80 Å². The third kappa shape index (κ3) is 10.4. The molecule has 3 aromatic heterocycles. The zero-order valence-electron chi connectivity index (χ0n) is 77.0. The van der Waals surface area contributed by atoms with Crippen LogP contribution in [0, 0.1) is 17.9 Å².